The SMILES string of the molecule is CCOc1ccc(C(C)NC(=O)CCCN=C(N)Nc2ccccc2OC)cc1.I. The number of para-hydroxylation sites is 2. The molecule has 0 aliphatic heterocycles. The van der Waals surface area contributed by atoms with Crippen LogP contribution in [0.1, 0.15) is 38.3 Å². The highest BCUT2D eigenvalue weighted by Crippen LogP contribution is 2.22. The highest BCUT2D eigenvalue weighted by atomic mass is 127. The number of methoxy groups -OCH3 is 1. The molecule has 0 aliphatic carbocycles. The number of ether oxygens (including phenoxy) is 2. The second kappa shape index (κ2) is 13.7. The predicted octanol–water partition coefficient (Wildman–Crippen LogP) is 4.10. The van der Waals surface area contributed by atoms with E-state index in [1.54, 1.807) is 7.11 Å². The second-order valence-corrected chi connectivity index (χ2v) is 6.49. The molecule has 164 valence electrons. The Balaban J connectivity index is 0.00000450. The molecule has 0 radical (unpaired) electrons. The molecule has 0 saturated carbocycles. The van der Waals surface area contributed by atoms with Crippen molar-refractivity contribution in [1.82, 2.24) is 5.32 Å². The third kappa shape index (κ3) is 8.48. The van der Waals surface area contributed by atoms with Crippen LogP contribution in [-0.2, 0) is 4.79 Å². The number of hydrogen-bond donors (Lipinski definition) is 3. The summed E-state index contributed by atoms with van der Waals surface area (Å²) in [5.74, 6) is 1.79. The number of aliphatic imine (C=N–C) groups is 1. The zero-order valence-electron chi connectivity index (χ0n) is 17.7. The molecule has 1 amide bonds. The first-order chi connectivity index (χ1) is 14.0. The Morgan fingerprint density at radius 1 is 1.17 bits per heavy atom. The number of carbonyl (C=O) groups is 1. The average molecular weight is 526 g/mol. The predicted molar refractivity (Wildman–Crippen MR) is 132 cm³/mol. The van der Waals surface area contributed by atoms with E-state index in [2.05, 4.69) is 15.6 Å². The van der Waals surface area contributed by atoms with E-state index in [0.29, 0.717) is 31.7 Å². The van der Waals surface area contributed by atoms with E-state index in [9.17, 15) is 4.79 Å². The summed E-state index contributed by atoms with van der Waals surface area (Å²) in [6.07, 6.45) is 0.989. The van der Waals surface area contributed by atoms with Crippen LogP contribution in [0.2, 0.25) is 0 Å². The van der Waals surface area contributed by atoms with Gasteiger partial charge in [0.05, 0.1) is 25.4 Å². The zero-order valence-corrected chi connectivity index (χ0v) is 20.0. The van der Waals surface area contributed by atoms with E-state index >= 15 is 0 Å². The van der Waals surface area contributed by atoms with Crippen molar-refractivity contribution in [2.24, 2.45) is 10.7 Å². The fraction of sp³-hybridized carbons (Fsp3) is 0.364. The number of carbonyl (C=O) groups excluding carboxylic acids is 1. The Morgan fingerprint density at radius 2 is 1.87 bits per heavy atom. The van der Waals surface area contributed by atoms with Crippen LogP contribution in [0, 0.1) is 0 Å². The smallest absolute Gasteiger partial charge is 0.220 e. The fourth-order valence-electron chi connectivity index (χ4n) is 2.78. The standard InChI is InChI=1S/C22H30N4O3.HI/c1-4-29-18-13-11-17(12-14-18)16(2)25-21(27)10-7-15-24-22(23)26-19-8-5-6-9-20(19)28-3;/h5-6,8-9,11-14,16H,4,7,10,15H2,1-3H3,(H,25,27)(H3,23,24,26);1H. The third-order valence-electron chi connectivity index (χ3n) is 4.28. The monoisotopic (exact) mass is 526 g/mol. The maximum absolute atomic E-state index is 12.2. The summed E-state index contributed by atoms with van der Waals surface area (Å²) in [5.41, 5.74) is 7.69. The van der Waals surface area contributed by atoms with Crippen molar-refractivity contribution < 1.29 is 14.3 Å². The van der Waals surface area contributed by atoms with E-state index in [0.717, 1.165) is 17.0 Å². The summed E-state index contributed by atoms with van der Waals surface area (Å²) >= 11 is 0. The number of amides is 1. The van der Waals surface area contributed by atoms with Crippen molar-refractivity contribution in [3.63, 3.8) is 0 Å². The molecule has 0 bridgehead atoms. The van der Waals surface area contributed by atoms with Gasteiger partial charge in [-0.25, -0.2) is 0 Å². The van der Waals surface area contributed by atoms with Crippen molar-refractivity contribution in [1.29, 1.82) is 0 Å². The molecule has 0 spiro atoms. The quantitative estimate of drug-likeness (QED) is 0.188. The van der Waals surface area contributed by atoms with Gasteiger partial charge in [-0.1, -0.05) is 24.3 Å². The molecule has 7 nitrogen and oxygen atoms in total. The Hall–Kier alpha value is -2.49. The van der Waals surface area contributed by atoms with Gasteiger partial charge < -0.3 is 25.8 Å². The van der Waals surface area contributed by atoms with E-state index in [1.807, 2.05) is 62.4 Å². The number of guanidine groups is 1. The van der Waals surface area contributed by atoms with Gasteiger partial charge in [-0.3, -0.25) is 9.79 Å². The number of halogens is 1. The second-order valence-electron chi connectivity index (χ2n) is 6.49. The van der Waals surface area contributed by atoms with Gasteiger partial charge in [-0.15, -0.1) is 24.0 Å². The van der Waals surface area contributed by atoms with Gasteiger partial charge in [-0.2, -0.15) is 0 Å². The van der Waals surface area contributed by atoms with Crippen LogP contribution in [0.3, 0.4) is 0 Å². The highest BCUT2D eigenvalue weighted by Gasteiger charge is 2.09. The van der Waals surface area contributed by atoms with Crippen molar-refractivity contribution in [3.8, 4) is 11.5 Å². The lowest BCUT2D eigenvalue weighted by Gasteiger charge is -2.15. The van der Waals surface area contributed by atoms with Crippen LogP contribution >= 0.6 is 24.0 Å². The maximum Gasteiger partial charge on any atom is 0.220 e. The Kier molecular flexibility index (Phi) is 11.7. The number of anilines is 1. The van der Waals surface area contributed by atoms with E-state index < -0.39 is 0 Å². The molecule has 0 saturated heterocycles. The van der Waals surface area contributed by atoms with Gasteiger partial charge in [0.25, 0.3) is 0 Å². The molecular weight excluding hydrogens is 495 g/mol. The minimum atomic E-state index is -0.0704. The Morgan fingerprint density at radius 3 is 2.53 bits per heavy atom. The summed E-state index contributed by atoms with van der Waals surface area (Å²) in [7, 11) is 1.60. The molecule has 1 unspecified atom stereocenters. The lowest BCUT2D eigenvalue weighted by Crippen LogP contribution is -2.26. The van der Waals surface area contributed by atoms with Crippen molar-refractivity contribution in [2.75, 3.05) is 25.6 Å². The lowest BCUT2D eigenvalue weighted by atomic mass is 10.1. The summed E-state index contributed by atoms with van der Waals surface area (Å²) < 4.78 is 10.7. The minimum absolute atomic E-state index is 0. The molecule has 30 heavy (non-hydrogen) atoms. The lowest BCUT2D eigenvalue weighted by molar-refractivity contribution is -0.121. The van der Waals surface area contributed by atoms with Crippen molar-refractivity contribution in [2.45, 2.75) is 32.7 Å². The molecule has 0 heterocycles. The molecule has 2 aromatic rings. The first-order valence-corrected chi connectivity index (χ1v) is 9.75. The fourth-order valence-corrected chi connectivity index (χ4v) is 2.78. The van der Waals surface area contributed by atoms with Gasteiger partial charge in [-0.05, 0) is 50.1 Å². The van der Waals surface area contributed by atoms with Crippen LogP contribution in [0.15, 0.2) is 53.5 Å². The molecule has 8 heteroatoms. The van der Waals surface area contributed by atoms with Gasteiger partial charge in [0.1, 0.15) is 11.5 Å². The Bertz CT molecular complexity index is 812. The van der Waals surface area contributed by atoms with Crippen LogP contribution in [0.5, 0.6) is 11.5 Å². The van der Waals surface area contributed by atoms with Crippen LogP contribution in [0.4, 0.5) is 5.69 Å². The summed E-state index contributed by atoms with van der Waals surface area (Å²) in [6, 6.07) is 15.1. The van der Waals surface area contributed by atoms with E-state index in [4.69, 9.17) is 15.2 Å². The van der Waals surface area contributed by atoms with Gasteiger partial charge in [0, 0.05) is 13.0 Å². The molecular formula is C22H31IN4O3. The molecule has 2 aromatic carbocycles. The summed E-state index contributed by atoms with van der Waals surface area (Å²) in [4.78, 5) is 16.4. The van der Waals surface area contributed by atoms with Crippen molar-refractivity contribution in [3.05, 3.63) is 54.1 Å². The largest absolute Gasteiger partial charge is 0.495 e. The minimum Gasteiger partial charge on any atom is -0.495 e. The number of hydrogen-bond acceptors (Lipinski definition) is 4. The van der Waals surface area contributed by atoms with Crippen LogP contribution in [0.25, 0.3) is 0 Å². The molecule has 2 rings (SSSR count). The number of benzene rings is 2. The number of nitrogens with two attached hydrogens (primary N) is 1. The van der Waals surface area contributed by atoms with E-state index in [-0.39, 0.29) is 41.9 Å². The number of nitrogens with one attached hydrogen (secondary N) is 2. The summed E-state index contributed by atoms with van der Waals surface area (Å²) in [5, 5.41) is 6.01. The average Bonchev–Trinajstić information content (AvgIpc) is 2.72. The molecule has 0 aromatic heterocycles. The zero-order chi connectivity index (χ0) is 21.1. The normalized spacial score (nSPS) is 11.8. The first kappa shape index (κ1) is 25.5. The molecule has 0 fully saturated rings. The Labute approximate surface area is 195 Å². The number of rotatable bonds is 10. The third-order valence-corrected chi connectivity index (χ3v) is 4.28. The number of nitrogens with zero attached hydrogens (tertiary/aromatic N) is 1. The van der Waals surface area contributed by atoms with E-state index in [1.165, 1.54) is 0 Å². The highest BCUT2D eigenvalue weighted by molar-refractivity contribution is 14.0. The molecule has 4 N–H and O–H groups in total. The first-order valence-electron chi connectivity index (χ1n) is 9.75. The molecule has 0 aliphatic rings. The van der Waals surface area contributed by atoms with Crippen molar-refractivity contribution >= 4 is 41.5 Å². The topological polar surface area (TPSA) is 98.0 Å². The summed E-state index contributed by atoms with van der Waals surface area (Å²) in [6.45, 7) is 5.00. The van der Waals surface area contributed by atoms with Gasteiger partial charge in [0.15, 0.2) is 5.96 Å². The van der Waals surface area contributed by atoms with Crippen LogP contribution < -0.4 is 25.8 Å². The van der Waals surface area contributed by atoms with Gasteiger partial charge >= 0.3 is 0 Å². The molecule has 1 atom stereocenters. The van der Waals surface area contributed by atoms with Gasteiger partial charge in [0.2, 0.25) is 5.91 Å². The maximum atomic E-state index is 12.2. The van der Waals surface area contributed by atoms with Crippen LogP contribution in [-0.4, -0.2) is 32.1 Å².